The van der Waals surface area contributed by atoms with Crippen molar-refractivity contribution in [2.24, 2.45) is 5.92 Å². The summed E-state index contributed by atoms with van der Waals surface area (Å²) < 4.78 is 0. The normalized spacial score (nSPS) is 23.0. The standard InChI is InChI=1S/C14H21N3O2/c15-11-5-6-12(16-9-11)7-14(19)17-8-10-3-1-2-4-13(10)18/h5-6,9-10,13,18H,1-4,7-8,15H2,(H,17,19). The highest BCUT2D eigenvalue weighted by molar-refractivity contribution is 5.78. The van der Waals surface area contributed by atoms with Crippen LogP contribution in [0, 0.1) is 5.92 Å². The molecule has 1 aromatic heterocycles. The minimum absolute atomic E-state index is 0.0601. The van der Waals surface area contributed by atoms with Gasteiger partial charge in [-0.15, -0.1) is 0 Å². The Morgan fingerprint density at radius 1 is 1.42 bits per heavy atom. The van der Waals surface area contributed by atoms with Gasteiger partial charge in [0.1, 0.15) is 0 Å². The summed E-state index contributed by atoms with van der Waals surface area (Å²) in [7, 11) is 0. The van der Waals surface area contributed by atoms with Crippen molar-refractivity contribution in [2.75, 3.05) is 12.3 Å². The van der Waals surface area contributed by atoms with Crippen molar-refractivity contribution in [2.45, 2.75) is 38.2 Å². The number of nitrogens with one attached hydrogen (secondary N) is 1. The minimum atomic E-state index is -0.274. The quantitative estimate of drug-likeness (QED) is 0.752. The lowest BCUT2D eigenvalue weighted by atomic mass is 9.86. The highest BCUT2D eigenvalue weighted by atomic mass is 16.3. The summed E-state index contributed by atoms with van der Waals surface area (Å²) >= 11 is 0. The highest BCUT2D eigenvalue weighted by Gasteiger charge is 2.23. The number of aliphatic hydroxyl groups is 1. The van der Waals surface area contributed by atoms with Gasteiger partial charge in [0, 0.05) is 18.2 Å². The predicted octanol–water partition coefficient (Wildman–Crippen LogP) is 0.874. The van der Waals surface area contributed by atoms with Gasteiger partial charge in [-0.25, -0.2) is 0 Å². The number of hydrogen-bond donors (Lipinski definition) is 3. The molecule has 1 heterocycles. The predicted molar refractivity (Wildman–Crippen MR) is 73.3 cm³/mol. The number of aliphatic hydroxyl groups excluding tert-OH is 1. The monoisotopic (exact) mass is 263 g/mol. The number of rotatable bonds is 4. The van der Waals surface area contributed by atoms with Crippen LogP contribution >= 0.6 is 0 Å². The van der Waals surface area contributed by atoms with E-state index in [-0.39, 0.29) is 24.3 Å². The summed E-state index contributed by atoms with van der Waals surface area (Å²) in [6.45, 7) is 0.551. The fraction of sp³-hybridized carbons (Fsp3) is 0.571. The van der Waals surface area contributed by atoms with E-state index >= 15 is 0 Å². The Balaban J connectivity index is 1.76. The first-order valence-corrected chi connectivity index (χ1v) is 6.80. The zero-order chi connectivity index (χ0) is 13.7. The number of carbonyl (C=O) groups is 1. The molecule has 2 rings (SSSR count). The van der Waals surface area contributed by atoms with Crippen LogP contribution in [0.4, 0.5) is 5.69 Å². The van der Waals surface area contributed by atoms with E-state index in [0.717, 1.165) is 25.7 Å². The van der Waals surface area contributed by atoms with Gasteiger partial charge in [0.05, 0.1) is 24.4 Å². The zero-order valence-corrected chi connectivity index (χ0v) is 11.0. The van der Waals surface area contributed by atoms with Crippen molar-refractivity contribution < 1.29 is 9.90 Å². The molecule has 2 atom stereocenters. The SMILES string of the molecule is Nc1ccc(CC(=O)NCC2CCCCC2O)nc1. The average molecular weight is 263 g/mol. The molecular weight excluding hydrogens is 242 g/mol. The first kappa shape index (κ1) is 13.8. The molecule has 4 N–H and O–H groups in total. The van der Waals surface area contributed by atoms with Gasteiger partial charge in [0.15, 0.2) is 0 Å². The topological polar surface area (TPSA) is 88.2 Å². The van der Waals surface area contributed by atoms with Crippen molar-refractivity contribution in [3.63, 3.8) is 0 Å². The van der Waals surface area contributed by atoms with Crippen molar-refractivity contribution >= 4 is 11.6 Å². The van der Waals surface area contributed by atoms with E-state index in [9.17, 15) is 9.90 Å². The van der Waals surface area contributed by atoms with Gasteiger partial charge in [-0.2, -0.15) is 0 Å². The number of pyridine rings is 1. The molecule has 104 valence electrons. The molecule has 0 spiro atoms. The third-order valence-corrected chi connectivity index (χ3v) is 3.62. The van der Waals surface area contributed by atoms with Crippen molar-refractivity contribution in [3.05, 3.63) is 24.0 Å². The van der Waals surface area contributed by atoms with Crippen LogP contribution in [0.5, 0.6) is 0 Å². The van der Waals surface area contributed by atoms with Crippen LogP contribution in [0.3, 0.4) is 0 Å². The Morgan fingerprint density at radius 3 is 2.89 bits per heavy atom. The fourth-order valence-corrected chi connectivity index (χ4v) is 2.44. The maximum atomic E-state index is 11.8. The summed E-state index contributed by atoms with van der Waals surface area (Å²) in [6, 6.07) is 3.49. The van der Waals surface area contributed by atoms with E-state index in [2.05, 4.69) is 10.3 Å². The van der Waals surface area contributed by atoms with Crippen LogP contribution in [0.15, 0.2) is 18.3 Å². The summed E-state index contributed by atoms with van der Waals surface area (Å²) in [4.78, 5) is 15.9. The van der Waals surface area contributed by atoms with Crippen LogP contribution < -0.4 is 11.1 Å². The van der Waals surface area contributed by atoms with Gasteiger partial charge >= 0.3 is 0 Å². The number of anilines is 1. The molecule has 0 aliphatic heterocycles. The molecule has 5 heteroatoms. The van der Waals surface area contributed by atoms with Crippen LogP contribution in [0.25, 0.3) is 0 Å². The number of hydrogen-bond acceptors (Lipinski definition) is 4. The van der Waals surface area contributed by atoms with E-state index in [1.807, 2.05) is 0 Å². The Morgan fingerprint density at radius 2 is 2.21 bits per heavy atom. The molecular formula is C14H21N3O2. The molecule has 1 aliphatic rings. The van der Waals surface area contributed by atoms with Crippen LogP contribution in [-0.4, -0.2) is 28.6 Å². The van der Waals surface area contributed by atoms with E-state index in [1.54, 1.807) is 18.3 Å². The third-order valence-electron chi connectivity index (χ3n) is 3.62. The smallest absolute Gasteiger partial charge is 0.226 e. The molecule has 5 nitrogen and oxygen atoms in total. The van der Waals surface area contributed by atoms with E-state index in [1.165, 1.54) is 0 Å². The van der Waals surface area contributed by atoms with Crippen molar-refractivity contribution in [1.29, 1.82) is 0 Å². The first-order valence-electron chi connectivity index (χ1n) is 6.80. The highest BCUT2D eigenvalue weighted by Crippen LogP contribution is 2.23. The maximum absolute atomic E-state index is 11.8. The Bertz CT molecular complexity index is 419. The number of amides is 1. The number of aromatic nitrogens is 1. The first-order chi connectivity index (χ1) is 9.15. The Hall–Kier alpha value is -1.62. The number of carbonyl (C=O) groups excluding carboxylic acids is 1. The average Bonchev–Trinajstić information content (AvgIpc) is 2.40. The van der Waals surface area contributed by atoms with Gasteiger partial charge < -0.3 is 16.2 Å². The fourth-order valence-electron chi connectivity index (χ4n) is 2.44. The van der Waals surface area contributed by atoms with Gasteiger partial charge in [-0.05, 0) is 25.0 Å². The molecule has 1 saturated carbocycles. The van der Waals surface area contributed by atoms with Gasteiger partial charge in [0.25, 0.3) is 0 Å². The van der Waals surface area contributed by atoms with Gasteiger partial charge in [-0.3, -0.25) is 9.78 Å². The lowest BCUT2D eigenvalue weighted by Crippen LogP contribution is -2.37. The lowest BCUT2D eigenvalue weighted by molar-refractivity contribution is -0.120. The Labute approximate surface area is 113 Å². The molecule has 1 amide bonds. The molecule has 0 aromatic carbocycles. The summed E-state index contributed by atoms with van der Waals surface area (Å²) in [5.41, 5.74) is 6.83. The minimum Gasteiger partial charge on any atom is -0.397 e. The molecule has 19 heavy (non-hydrogen) atoms. The lowest BCUT2D eigenvalue weighted by Gasteiger charge is -2.27. The molecule has 0 saturated heterocycles. The summed E-state index contributed by atoms with van der Waals surface area (Å²) in [5.74, 6) is 0.132. The van der Waals surface area contributed by atoms with Gasteiger partial charge in [-0.1, -0.05) is 12.8 Å². The number of nitrogens with two attached hydrogens (primary N) is 1. The summed E-state index contributed by atoms with van der Waals surface area (Å²) in [6.07, 6.45) is 5.58. The molecule has 1 aliphatic carbocycles. The second-order valence-electron chi connectivity index (χ2n) is 5.18. The zero-order valence-electron chi connectivity index (χ0n) is 11.0. The Kier molecular flexibility index (Phi) is 4.74. The molecule has 0 bridgehead atoms. The third kappa shape index (κ3) is 4.21. The molecule has 1 fully saturated rings. The van der Waals surface area contributed by atoms with E-state index in [0.29, 0.717) is 17.9 Å². The maximum Gasteiger partial charge on any atom is 0.226 e. The second kappa shape index (κ2) is 6.52. The van der Waals surface area contributed by atoms with E-state index in [4.69, 9.17) is 5.73 Å². The van der Waals surface area contributed by atoms with Gasteiger partial charge in [0.2, 0.25) is 5.91 Å². The largest absolute Gasteiger partial charge is 0.397 e. The second-order valence-corrected chi connectivity index (χ2v) is 5.18. The summed E-state index contributed by atoms with van der Waals surface area (Å²) in [5, 5.41) is 12.7. The molecule has 0 radical (unpaired) electrons. The van der Waals surface area contributed by atoms with Crippen molar-refractivity contribution in [1.82, 2.24) is 10.3 Å². The number of nitrogen functional groups attached to an aromatic ring is 1. The molecule has 1 aromatic rings. The number of nitrogens with zero attached hydrogens (tertiary/aromatic N) is 1. The van der Waals surface area contributed by atoms with Crippen LogP contribution in [0.1, 0.15) is 31.4 Å². The van der Waals surface area contributed by atoms with Crippen molar-refractivity contribution in [3.8, 4) is 0 Å². The van der Waals surface area contributed by atoms with E-state index < -0.39 is 0 Å². The van der Waals surface area contributed by atoms with Crippen LogP contribution in [0.2, 0.25) is 0 Å². The molecule has 2 unspecified atom stereocenters. The van der Waals surface area contributed by atoms with Crippen LogP contribution in [-0.2, 0) is 11.2 Å².